The predicted octanol–water partition coefficient (Wildman–Crippen LogP) is 2.74. The molecule has 1 fully saturated rings. The van der Waals surface area contributed by atoms with Gasteiger partial charge in [0.05, 0.1) is 14.2 Å². The van der Waals surface area contributed by atoms with Gasteiger partial charge in [0, 0.05) is 25.9 Å². The van der Waals surface area contributed by atoms with Crippen LogP contribution in [0, 0.1) is 5.92 Å². The SMILES string of the molecule is COc1ccc(OC)c(CCC(=O)N2CCCC(CCC(=O)O)C2)c1. The van der Waals surface area contributed by atoms with Gasteiger partial charge in [-0.3, -0.25) is 9.59 Å². The third-order valence-electron chi connectivity index (χ3n) is 4.73. The highest BCUT2D eigenvalue weighted by Crippen LogP contribution is 2.26. The van der Waals surface area contributed by atoms with Crippen molar-refractivity contribution in [3.63, 3.8) is 0 Å². The zero-order valence-electron chi connectivity index (χ0n) is 15.0. The lowest BCUT2D eigenvalue weighted by molar-refractivity contribution is -0.137. The number of hydrogen-bond acceptors (Lipinski definition) is 4. The number of carboxylic acids is 1. The standard InChI is InChI=1S/C19H27NO5/c1-24-16-7-8-17(25-2)15(12-16)6-9-18(21)20-11-3-4-14(13-20)5-10-19(22)23/h7-8,12,14H,3-6,9-11,13H2,1-2H3,(H,22,23). The second kappa shape index (κ2) is 9.30. The molecule has 138 valence electrons. The van der Waals surface area contributed by atoms with Gasteiger partial charge in [0.2, 0.25) is 5.91 Å². The van der Waals surface area contributed by atoms with Crippen LogP contribution in [0.4, 0.5) is 0 Å². The number of aryl methyl sites for hydroxylation is 1. The number of aliphatic carboxylic acids is 1. The first-order chi connectivity index (χ1) is 12.0. The van der Waals surface area contributed by atoms with Gasteiger partial charge in [0.1, 0.15) is 11.5 Å². The molecule has 6 nitrogen and oxygen atoms in total. The van der Waals surface area contributed by atoms with E-state index in [1.54, 1.807) is 14.2 Å². The first-order valence-electron chi connectivity index (χ1n) is 8.74. The highest BCUT2D eigenvalue weighted by Gasteiger charge is 2.24. The van der Waals surface area contributed by atoms with Crippen LogP contribution in [-0.2, 0) is 16.0 Å². The maximum atomic E-state index is 12.5. The second-order valence-electron chi connectivity index (χ2n) is 6.46. The molecule has 0 saturated carbocycles. The first-order valence-corrected chi connectivity index (χ1v) is 8.74. The fraction of sp³-hybridized carbons (Fsp3) is 0.579. The third-order valence-corrected chi connectivity index (χ3v) is 4.73. The maximum Gasteiger partial charge on any atom is 0.303 e. The van der Waals surface area contributed by atoms with Crippen LogP contribution < -0.4 is 9.47 Å². The number of carbonyl (C=O) groups is 2. The van der Waals surface area contributed by atoms with Crippen LogP contribution in [0.1, 0.15) is 37.7 Å². The Morgan fingerprint density at radius 1 is 1.24 bits per heavy atom. The number of rotatable bonds is 8. The molecule has 1 heterocycles. The highest BCUT2D eigenvalue weighted by atomic mass is 16.5. The van der Waals surface area contributed by atoms with E-state index in [9.17, 15) is 9.59 Å². The van der Waals surface area contributed by atoms with Crippen molar-refractivity contribution in [3.8, 4) is 11.5 Å². The molecule has 1 amide bonds. The number of amides is 1. The number of nitrogens with zero attached hydrogens (tertiary/aromatic N) is 1. The van der Waals surface area contributed by atoms with E-state index in [-0.39, 0.29) is 12.3 Å². The van der Waals surface area contributed by atoms with Crippen LogP contribution >= 0.6 is 0 Å². The summed E-state index contributed by atoms with van der Waals surface area (Å²) < 4.78 is 10.6. The smallest absolute Gasteiger partial charge is 0.303 e. The summed E-state index contributed by atoms with van der Waals surface area (Å²) in [6.07, 6.45) is 3.76. The van der Waals surface area contributed by atoms with Gasteiger partial charge in [-0.25, -0.2) is 0 Å². The van der Waals surface area contributed by atoms with Crippen molar-refractivity contribution in [1.82, 2.24) is 4.90 Å². The van der Waals surface area contributed by atoms with E-state index in [1.807, 2.05) is 23.1 Å². The molecule has 1 aromatic rings. The lowest BCUT2D eigenvalue weighted by Crippen LogP contribution is -2.40. The number of carboxylic acid groups (broad SMARTS) is 1. The summed E-state index contributed by atoms with van der Waals surface area (Å²) in [5.41, 5.74) is 0.953. The average molecular weight is 349 g/mol. The molecule has 1 aliphatic heterocycles. The Morgan fingerprint density at radius 2 is 2.04 bits per heavy atom. The number of carbonyl (C=O) groups excluding carboxylic acids is 1. The van der Waals surface area contributed by atoms with Crippen LogP contribution in [-0.4, -0.2) is 49.2 Å². The van der Waals surface area contributed by atoms with E-state index >= 15 is 0 Å². The van der Waals surface area contributed by atoms with E-state index in [0.717, 1.165) is 36.4 Å². The summed E-state index contributed by atoms with van der Waals surface area (Å²) in [6.45, 7) is 1.43. The van der Waals surface area contributed by atoms with Crippen molar-refractivity contribution in [3.05, 3.63) is 23.8 Å². The number of benzene rings is 1. The average Bonchev–Trinajstić information content (AvgIpc) is 2.64. The lowest BCUT2D eigenvalue weighted by atomic mass is 9.93. The largest absolute Gasteiger partial charge is 0.497 e. The molecule has 0 aromatic heterocycles. The Kier molecular flexibility index (Phi) is 7.10. The molecular formula is C19H27NO5. The van der Waals surface area contributed by atoms with Crippen LogP contribution in [0.2, 0.25) is 0 Å². The van der Waals surface area contributed by atoms with Gasteiger partial charge in [0.25, 0.3) is 0 Å². The monoisotopic (exact) mass is 349 g/mol. The zero-order valence-corrected chi connectivity index (χ0v) is 15.0. The molecule has 0 aliphatic carbocycles. The minimum absolute atomic E-state index is 0.116. The molecule has 1 atom stereocenters. The molecule has 1 aliphatic rings. The Labute approximate surface area is 148 Å². The summed E-state index contributed by atoms with van der Waals surface area (Å²) in [7, 11) is 3.23. The van der Waals surface area contributed by atoms with E-state index < -0.39 is 5.97 Å². The van der Waals surface area contributed by atoms with E-state index in [1.165, 1.54) is 0 Å². The van der Waals surface area contributed by atoms with Crippen LogP contribution in [0.3, 0.4) is 0 Å². The Balaban J connectivity index is 1.90. The van der Waals surface area contributed by atoms with Crippen LogP contribution in [0.15, 0.2) is 18.2 Å². The summed E-state index contributed by atoms with van der Waals surface area (Å²) in [5.74, 6) is 1.14. The van der Waals surface area contributed by atoms with Crippen molar-refractivity contribution in [2.45, 2.75) is 38.5 Å². The summed E-state index contributed by atoms with van der Waals surface area (Å²) in [4.78, 5) is 25.2. The van der Waals surface area contributed by atoms with E-state index in [4.69, 9.17) is 14.6 Å². The molecule has 0 radical (unpaired) electrons. The van der Waals surface area contributed by atoms with Gasteiger partial charge in [-0.05, 0) is 55.4 Å². The fourth-order valence-corrected chi connectivity index (χ4v) is 3.33. The van der Waals surface area contributed by atoms with E-state index in [0.29, 0.717) is 31.7 Å². The van der Waals surface area contributed by atoms with Gasteiger partial charge in [-0.15, -0.1) is 0 Å². The Bertz CT molecular complexity index is 601. The number of piperidine rings is 1. The fourth-order valence-electron chi connectivity index (χ4n) is 3.33. The van der Waals surface area contributed by atoms with Gasteiger partial charge in [-0.1, -0.05) is 0 Å². The van der Waals surface area contributed by atoms with Crippen LogP contribution in [0.25, 0.3) is 0 Å². The Hall–Kier alpha value is -2.24. The van der Waals surface area contributed by atoms with Gasteiger partial charge in [0.15, 0.2) is 0 Å². The molecule has 6 heteroatoms. The van der Waals surface area contributed by atoms with Gasteiger partial charge in [-0.2, -0.15) is 0 Å². The summed E-state index contributed by atoms with van der Waals surface area (Å²) in [5, 5.41) is 8.82. The topological polar surface area (TPSA) is 76.1 Å². The van der Waals surface area contributed by atoms with Crippen molar-refractivity contribution in [2.24, 2.45) is 5.92 Å². The maximum absolute atomic E-state index is 12.5. The normalized spacial score (nSPS) is 17.2. The minimum atomic E-state index is -0.770. The van der Waals surface area contributed by atoms with Gasteiger partial charge >= 0.3 is 5.97 Å². The molecule has 25 heavy (non-hydrogen) atoms. The van der Waals surface area contributed by atoms with Crippen molar-refractivity contribution >= 4 is 11.9 Å². The number of ether oxygens (including phenoxy) is 2. The Morgan fingerprint density at radius 3 is 2.72 bits per heavy atom. The number of likely N-dealkylation sites (tertiary alicyclic amines) is 1. The number of hydrogen-bond donors (Lipinski definition) is 1. The molecular weight excluding hydrogens is 322 g/mol. The van der Waals surface area contributed by atoms with Crippen molar-refractivity contribution in [1.29, 1.82) is 0 Å². The molecule has 0 bridgehead atoms. The summed E-state index contributed by atoms with van der Waals surface area (Å²) >= 11 is 0. The number of methoxy groups -OCH3 is 2. The zero-order chi connectivity index (χ0) is 18.2. The first kappa shape index (κ1) is 19.1. The predicted molar refractivity (Wildman–Crippen MR) is 94.0 cm³/mol. The summed E-state index contributed by atoms with van der Waals surface area (Å²) in [6, 6.07) is 5.58. The molecule has 1 unspecified atom stereocenters. The second-order valence-corrected chi connectivity index (χ2v) is 6.46. The van der Waals surface area contributed by atoms with Crippen molar-refractivity contribution in [2.75, 3.05) is 27.3 Å². The van der Waals surface area contributed by atoms with Gasteiger partial charge < -0.3 is 19.5 Å². The molecule has 2 rings (SSSR count). The third kappa shape index (κ3) is 5.66. The minimum Gasteiger partial charge on any atom is -0.497 e. The molecule has 1 aromatic carbocycles. The molecule has 1 N–H and O–H groups in total. The molecule has 0 spiro atoms. The lowest BCUT2D eigenvalue weighted by Gasteiger charge is -2.32. The molecule has 1 saturated heterocycles. The highest BCUT2D eigenvalue weighted by molar-refractivity contribution is 5.76. The van der Waals surface area contributed by atoms with Crippen LogP contribution in [0.5, 0.6) is 11.5 Å². The quantitative estimate of drug-likeness (QED) is 0.781. The van der Waals surface area contributed by atoms with E-state index in [2.05, 4.69) is 0 Å². The van der Waals surface area contributed by atoms with Crippen molar-refractivity contribution < 1.29 is 24.2 Å².